The topological polar surface area (TPSA) is 57.1 Å². The van der Waals surface area contributed by atoms with Gasteiger partial charge in [0.15, 0.2) is 17.5 Å². The summed E-state index contributed by atoms with van der Waals surface area (Å²) in [5.41, 5.74) is 0.776. The molecular formula is C18H30IN3O2. The van der Waals surface area contributed by atoms with Crippen LogP contribution in [0.5, 0.6) is 11.5 Å². The number of hydrogen-bond acceptors (Lipinski definition) is 3. The maximum absolute atomic E-state index is 10.2. The van der Waals surface area contributed by atoms with Crippen molar-refractivity contribution in [2.45, 2.75) is 33.7 Å². The van der Waals surface area contributed by atoms with Gasteiger partial charge < -0.3 is 20.1 Å². The summed E-state index contributed by atoms with van der Waals surface area (Å²) >= 11 is 0. The van der Waals surface area contributed by atoms with E-state index in [0.717, 1.165) is 31.2 Å². The largest absolute Gasteiger partial charge is 0.504 e. The molecule has 1 fully saturated rings. The van der Waals surface area contributed by atoms with Crippen LogP contribution >= 0.6 is 24.0 Å². The highest BCUT2D eigenvalue weighted by Gasteiger charge is 2.24. The molecule has 136 valence electrons. The van der Waals surface area contributed by atoms with E-state index in [2.05, 4.69) is 31.0 Å². The zero-order valence-corrected chi connectivity index (χ0v) is 17.4. The molecule has 2 rings (SSSR count). The number of phenols is 1. The fourth-order valence-electron chi connectivity index (χ4n) is 3.28. The van der Waals surface area contributed by atoms with Gasteiger partial charge >= 0.3 is 0 Å². The van der Waals surface area contributed by atoms with E-state index < -0.39 is 0 Å². The van der Waals surface area contributed by atoms with Crippen LogP contribution in [0, 0.1) is 11.8 Å². The van der Waals surface area contributed by atoms with E-state index in [-0.39, 0.29) is 29.7 Å². The number of aliphatic imine (C=N–C) groups is 1. The highest BCUT2D eigenvalue weighted by atomic mass is 127. The van der Waals surface area contributed by atoms with Gasteiger partial charge in [-0.2, -0.15) is 0 Å². The summed E-state index contributed by atoms with van der Waals surface area (Å²) in [7, 11) is 1.56. The number of ether oxygens (including phenoxy) is 1. The number of nitrogens with one attached hydrogen (secondary N) is 1. The standard InChI is InChI=1S/C18H29N3O2.HI/c1-5-19-18(21-11-13(2)9-14(3)12-21)20-10-15-7-6-8-16(23-4)17(15)22;/h6-8,13-14,22H,5,9-12H2,1-4H3,(H,19,20);1H. The van der Waals surface area contributed by atoms with Crippen molar-refractivity contribution in [1.82, 2.24) is 10.2 Å². The van der Waals surface area contributed by atoms with Gasteiger partial charge in [-0.3, -0.25) is 0 Å². The molecule has 1 heterocycles. The molecular weight excluding hydrogens is 417 g/mol. The molecule has 1 aromatic rings. The monoisotopic (exact) mass is 447 g/mol. The van der Waals surface area contributed by atoms with Crippen molar-refractivity contribution in [2.75, 3.05) is 26.7 Å². The minimum absolute atomic E-state index is 0. The van der Waals surface area contributed by atoms with Crippen molar-refractivity contribution in [3.63, 3.8) is 0 Å². The number of methoxy groups -OCH3 is 1. The number of phenolic OH excluding ortho intramolecular Hbond substituents is 1. The Hall–Kier alpha value is -1.18. The molecule has 24 heavy (non-hydrogen) atoms. The van der Waals surface area contributed by atoms with E-state index in [1.807, 2.05) is 12.1 Å². The van der Waals surface area contributed by atoms with E-state index in [4.69, 9.17) is 9.73 Å². The maximum Gasteiger partial charge on any atom is 0.194 e. The number of aromatic hydroxyl groups is 1. The normalized spacial score (nSPS) is 21.2. The van der Waals surface area contributed by atoms with Crippen LogP contribution in [0.2, 0.25) is 0 Å². The number of rotatable bonds is 4. The van der Waals surface area contributed by atoms with E-state index in [1.165, 1.54) is 6.42 Å². The van der Waals surface area contributed by atoms with E-state index in [9.17, 15) is 5.11 Å². The number of guanidine groups is 1. The SMILES string of the molecule is CCNC(=NCc1cccc(OC)c1O)N1CC(C)CC(C)C1.I. The summed E-state index contributed by atoms with van der Waals surface area (Å²) in [4.78, 5) is 7.06. The van der Waals surface area contributed by atoms with Gasteiger partial charge in [-0.15, -0.1) is 24.0 Å². The van der Waals surface area contributed by atoms with E-state index in [0.29, 0.717) is 24.1 Å². The molecule has 2 N–H and O–H groups in total. The summed E-state index contributed by atoms with van der Waals surface area (Å²) in [5.74, 6) is 2.94. The van der Waals surface area contributed by atoms with Crippen molar-refractivity contribution in [3.05, 3.63) is 23.8 Å². The van der Waals surface area contributed by atoms with Crippen LogP contribution in [0.15, 0.2) is 23.2 Å². The Kier molecular flexibility index (Phi) is 8.66. The summed E-state index contributed by atoms with van der Waals surface area (Å²) in [6.45, 7) is 9.99. The first-order chi connectivity index (χ1) is 11.0. The average Bonchev–Trinajstić information content (AvgIpc) is 2.51. The molecule has 0 radical (unpaired) electrons. The second-order valence-corrected chi connectivity index (χ2v) is 6.49. The van der Waals surface area contributed by atoms with Crippen LogP contribution < -0.4 is 10.1 Å². The number of halogens is 1. The van der Waals surface area contributed by atoms with Crippen molar-refractivity contribution in [2.24, 2.45) is 16.8 Å². The highest BCUT2D eigenvalue weighted by Crippen LogP contribution is 2.30. The molecule has 1 aliphatic heterocycles. The fourth-order valence-corrected chi connectivity index (χ4v) is 3.28. The van der Waals surface area contributed by atoms with Crippen LogP contribution in [0.25, 0.3) is 0 Å². The second-order valence-electron chi connectivity index (χ2n) is 6.49. The predicted molar refractivity (Wildman–Crippen MR) is 109 cm³/mol. The second kappa shape index (κ2) is 9.96. The van der Waals surface area contributed by atoms with Crippen LogP contribution in [-0.4, -0.2) is 42.7 Å². The van der Waals surface area contributed by atoms with Crippen molar-refractivity contribution in [3.8, 4) is 11.5 Å². The molecule has 0 spiro atoms. The number of benzene rings is 1. The molecule has 0 bridgehead atoms. The number of piperidine rings is 1. The Morgan fingerprint density at radius 2 is 2.00 bits per heavy atom. The molecule has 2 unspecified atom stereocenters. The summed E-state index contributed by atoms with van der Waals surface area (Å²) < 4.78 is 5.16. The first-order valence-electron chi connectivity index (χ1n) is 8.43. The third kappa shape index (κ3) is 5.43. The quantitative estimate of drug-likeness (QED) is 0.422. The van der Waals surface area contributed by atoms with Crippen LogP contribution in [0.1, 0.15) is 32.8 Å². The highest BCUT2D eigenvalue weighted by molar-refractivity contribution is 14.0. The zero-order chi connectivity index (χ0) is 16.8. The van der Waals surface area contributed by atoms with Gasteiger partial charge in [0.25, 0.3) is 0 Å². The first kappa shape index (κ1) is 20.9. The molecule has 0 saturated carbocycles. The molecule has 6 heteroatoms. The summed E-state index contributed by atoms with van der Waals surface area (Å²) in [5, 5.41) is 13.6. The van der Waals surface area contributed by atoms with Gasteiger partial charge in [0.1, 0.15) is 0 Å². The van der Waals surface area contributed by atoms with Gasteiger partial charge in [-0.05, 0) is 31.2 Å². The van der Waals surface area contributed by atoms with Gasteiger partial charge in [-0.1, -0.05) is 26.0 Å². The molecule has 1 saturated heterocycles. The minimum atomic E-state index is 0. The maximum atomic E-state index is 10.2. The van der Waals surface area contributed by atoms with Crippen LogP contribution in [0.3, 0.4) is 0 Å². The number of nitrogens with zero attached hydrogens (tertiary/aromatic N) is 2. The number of hydrogen-bond donors (Lipinski definition) is 2. The van der Waals surface area contributed by atoms with E-state index >= 15 is 0 Å². The number of likely N-dealkylation sites (tertiary alicyclic amines) is 1. The Labute approximate surface area is 162 Å². The summed E-state index contributed by atoms with van der Waals surface area (Å²) in [6, 6.07) is 5.51. The molecule has 1 aromatic carbocycles. The predicted octanol–water partition coefficient (Wildman–Crippen LogP) is 3.46. The molecule has 5 nitrogen and oxygen atoms in total. The van der Waals surface area contributed by atoms with Gasteiger partial charge in [0, 0.05) is 25.2 Å². The Bertz CT molecular complexity index is 541. The third-order valence-corrected chi connectivity index (χ3v) is 4.20. The molecule has 0 aromatic heterocycles. The smallest absolute Gasteiger partial charge is 0.194 e. The minimum Gasteiger partial charge on any atom is -0.504 e. The first-order valence-corrected chi connectivity index (χ1v) is 8.43. The van der Waals surface area contributed by atoms with E-state index in [1.54, 1.807) is 13.2 Å². The molecule has 1 aliphatic rings. The third-order valence-electron chi connectivity index (χ3n) is 4.20. The molecule has 0 aliphatic carbocycles. The lowest BCUT2D eigenvalue weighted by Gasteiger charge is -2.37. The lowest BCUT2D eigenvalue weighted by atomic mass is 9.92. The summed E-state index contributed by atoms with van der Waals surface area (Å²) in [6.07, 6.45) is 1.27. The van der Waals surface area contributed by atoms with Gasteiger partial charge in [-0.25, -0.2) is 4.99 Å². The lowest BCUT2D eigenvalue weighted by molar-refractivity contribution is 0.208. The molecule has 0 amide bonds. The van der Waals surface area contributed by atoms with Gasteiger partial charge in [0.05, 0.1) is 13.7 Å². The Morgan fingerprint density at radius 3 is 2.58 bits per heavy atom. The lowest BCUT2D eigenvalue weighted by Crippen LogP contribution is -2.48. The Morgan fingerprint density at radius 1 is 1.33 bits per heavy atom. The fraction of sp³-hybridized carbons (Fsp3) is 0.611. The number of para-hydroxylation sites is 1. The van der Waals surface area contributed by atoms with Crippen LogP contribution in [0.4, 0.5) is 0 Å². The van der Waals surface area contributed by atoms with Crippen molar-refractivity contribution >= 4 is 29.9 Å². The average molecular weight is 447 g/mol. The van der Waals surface area contributed by atoms with Crippen molar-refractivity contribution < 1.29 is 9.84 Å². The van der Waals surface area contributed by atoms with Crippen molar-refractivity contribution in [1.29, 1.82) is 0 Å². The zero-order valence-electron chi connectivity index (χ0n) is 15.1. The molecule has 2 atom stereocenters. The van der Waals surface area contributed by atoms with Crippen LogP contribution in [-0.2, 0) is 6.54 Å². The Balaban J connectivity index is 0.00000288. The van der Waals surface area contributed by atoms with Gasteiger partial charge in [0.2, 0.25) is 0 Å².